The van der Waals surface area contributed by atoms with Gasteiger partial charge in [0.15, 0.2) is 0 Å². The van der Waals surface area contributed by atoms with Crippen LogP contribution >= 0.6 is 0 Å². The average Bonchev–Trinajstić information content (AvgIpc) is 3.02. The van der Waals surface area contributed by atoms with Crippen molar-refractivity contribution in [2.75, 3.05) is 10.6 Å². The predicted molar refractivity (Wildman–Crippen MR) is 192 cm³/mol. The monoisotopic (exact) mass is 697 g/mol. The quantitative estimate of drug-likeness (QED) is 0.123. The van der Waals surface area contributed by atoms with Gasteiger partial charge in [0.2, 0.25) is 0 Å². The summed E-state index contributed by atoms with van der Waals surface area (Å²) in [6.07, 6.45) is 0. The molecule has 0 aliphatic rings. The summed E-state index contributed by atoms with van der Waals surface area (Å²) in [5.74, 6) is -1.64. The summed E-state index contributed by atoms with van der Waals surface area (Å²) in [6.45, 7) is 20.7. The van der Waals surface area contributed by atoms with Crippen molar-refractivity contribution in [3.63, 3.8) is 0 Å². The van der Waals surface area contributed by atoms with Crippen molar-refractivity contribution >= 4 is 17.3 Å². The molecule has 4 aromatic rings. The van der Waals surface area contributed by atoms with E-state index in [9.17, 15) is 15.0 Å². The minimum absolute atomic E-state index is 0. The maximum absolute atomic E-state index is 11.7. The molecule has 7 nitrogen and oxygen atoms in total. The number of nitrogens with one attached hydrogen (secondary N) is 2. The SMILES string of the molecule is CC(C)c1cc(O)c([O-])c(C(=O)O)c1C(C)C.CC(C)c1ccccc1NC(C)c1cccc(C(C)Nc2ccccc2C(C)C)n1.[Co]. The molecule has 261 valence electrons. The first kappa shape index (κ1) is 40.2. The fourth-order valence-corrected chi connectivity index (χ4v) is 5.83. The summed E-state index contributed by atoms with van der Waals surface area (Å²) < 4.78 is 0. The van der Waals surface area contributed by atoms with E-state index in [1.54, 1.807) is 0 Å². The largest absolute Gasteiger partial charge is 0.869 e. The zero-order chi connectivity index (χ0) is 35.0. The van der Waals surface area contributed by atoms with Gasteiger partial charge in [-0.05, 0) is 90.1 Å². The number of hydrogen-bond acceptors (Lipinski definition) is 6. The van der Waals surface area contributed by atoms with Gasteiger partial charge < -0.3 is 26.0 Å². The second kappa shape index (κ2) is 17.9. The van der Waals surface area contributed by atoms with Crippen molar-refractivity contribution in [3.05, 3.63) is 112 Å². The molecule has 0 aliphatic heterocycles. The van der Waals surface area contributed by atoms with E-state index in [0.717, 1.165) is 17.0 Å². The summed E-state index contributed by atoms with van der Waals surface area (Å²) in [5, 5.41) is 37.6. The first-order valence-electron chi connectivity index (χ1n) is 16.6. The fraction of sp³-hybridized carbons (Fsp3) is 0.400. The number of pyridine rings is 1. The number of aromatic nitrogens is 1. The van der Waals surface area contributed by atoms with Crippen LogP contribution in [0.25, 0.3) is 0 Å². The molecular formula is C40H52CoN3O4-. The number of aromatic carboxylic acids is 1. The Morgan fingerprint density at radius 3 is 1.44 bits per heavy atom. The first-order valence-corrected chi connectivity index (χ1v) is 16.6. The topological polar surface area (TPSA) is 118 Å². The van der Waals surface area contributed by atoms with E-state index in [2.05, 4.69) is 119 Å². The van der Waals surface area contributed by atoms with E-state index in [0.29, 0.717) is 17.4 Å². The molecule has 2 unspecified atom stereocenters. The van der Waals surface area contributed by atoms with Crippen LogP contribution in [0, 0.1) is 0 Å². The van der Waals surface area contributed by atoms with Crippen LogP contribution in [-0.2, 0) is 16.8 Å². The predicted octanol–water partition coefficient (Wildman–Crippen LogP) is 10.1. The van der Waals surface area contributed by atoms with E-state index in [1.807, 2.05) is 27.7 Å². The van der Waals surface area contributed by atoms with Crippen LogP contribution in [0.15, 0.2) is 72.8 Å². The summed E-state index contributed by atoms with van der Waals surface area (Å²) in [6, 6.07) is 25.0. The van der Waals surface area contributed by atoms with Crippen LogP contribution in [-0.4, -0.2) is 21.2 Å². The van der Waals surface area contributed by atoms with Gasteiger partial charge in [-0.25, -0.2) is 4.79 Å². The van der Waals surface area contributed by atoms with E-state index in [1.165, 1.54) is 28.6 Å². The zero-order valence-corrected chi connectivity index (χ0v) is 30.9. The number of aromatic hydroxyl groups is 1. The van der Waals surface area contributed by atoms with Crippen molar-refractivity contribution in [2.24, 2.45) is 0 Å². The van der Waals surface area contributed by atoms with E-state index in [4.69, 9.17) is 10.1 Å². The maximum Gasteiger partial charge on any atom is 0.335 e. The minimum atomic E-state index is -1.28. The zero-order valence-electron chi connectivity index (χ0n) is 29.9. The first-order chi connectivity index (χ1) is 22.1. The smallest absolute Gasteiger partial charge is 0.335 e. The molecule has 0 bridgehead atoms. The van der Waals surface area contributed by atoms with E-state index < -0.39 is 17.5 Å². The van der Waals surface area contributed by atoms with Gasteiger partial charge in [-0.15, -0.1) is 0 Å². The molecule has 0 saturated heterocycles. The molecule has 1 heterocycles. The molecule has 0 saturated carbocycles. The summed E-state index contributed by atoms with van der Waals surface area (Å²) in [7, 11) is 0. The van der Waals surface area contributed by atoms with Crippen LogP contribution in [0.3, 0.4) is 0 Å². The number of carboxylic acids is 1. The number of benzene rings is 3. The summed E-state index contributed by atoms with van der Waals surface area (Å²) in [5.41, 5.74) is 8.08. The normalized spacial score (nSPS) is 12.3. The number of carbonyl (C=O) groups is 1. The standard InChI is InChI=1S/C27H35N3.C13H18O4.Co/c1-18(2)22-12-7-9-14-26(22)28-20(5)24-16-11-17-25(30-24)21(6)29-27-15-10-8-13-23(27)19(3)4;1-6(2)8-5-9(14)12(15)11(13(16)17)10(8)7(3)4;/h7-21,28-29H,1-6H3;5-7,14-15H,1-4H3,(H,16,17);/p-1. The molecule has 0 spiro atoms. The number of hydrogen-bond donors (Lipinski definition) is 4. The fourth-order valence-electron chi connectivity index (χ4n) is 5.83. The number of para-hydroxylation sites is 2. The molecule has 0 fully saturated rings. The van der Waals surface area contributed by atoms with Gasteiger partial charge in [-0.2, -0.15) is 0 Å². The molecule has 4 N–H and O–H groups in total. The van der Waals surface area contributed by atoms with Crippen molar-refractivity contribution in [3.8, 4) is 11.5 Å². The van der Waals surface area contributed by atoms with Gasteiger partial charge in [-0.3, -0.25) is 4.98 Å². The van der Waals surface area contributed by atoms with Crippen molar-refractivity contribution in [2.45, 2.75) is 105 Å². The number of phenols is 1. The maximum atomic E-state index is 11.7. The summed E-state index contributed by atoms with van der Waals surface area (Å²) in [4.78, 5) is 16.2. The van der Waals surface area contributed by atoms with Gasteiger partial charge in [0, 0.05) is 28.2 Å². The second-order valence-electron chi connectivity index (χ2n) is 13.4. The molecule has 1 radical (unpaired) electrons. The van der Waals surface area contributed by atoms with Gasteiger partial charge in [-0.1, -0.05) is 104 Å². The van der Waals surface area contributed by atoms with Gasteiger partial charge in [0.25, 0.3) is 0 Å². The van der Waals surface area contributed by atoms with Crippen LogP contribution < -0.4 is 15.7 Å². The van der Waals surface area contributed by atoms with Crippen molar-refractivity contribution < 1.29 is 36.9 Å². The molecule has 2 atom stereocenters. The molecule has 48 heavy (non-hydrogen) atoms. The number of carboxylic acid groups (broad SMARTS) is 1. The number of nitrogens with zero attached hydrogens (tertiary/aromatic N) is 1. The van der Waals surface area contributed by atoms with E-state index >= 15 is 0 Å². The van der Waals surface area contributed by atoms with Crippen molar-refractivity contribution in [1.29, 1.82) is 0 Å². The number of rotatable bonds is 11. The van der Waals surface area contributed by atoms with Gasteiger partial charge in [0.1, 0.15) is 5.75 Å². The van der Waals surface area contributed by atoms with Crippen LogP contribution in [0.2, 0.25) is 0 Å². The van der Waals surface area contributed by atoms with Crippen LogP contribution in [0.1, 0.15) is 149 Å². The second-order valence-corrected chi connectivity index (χ2v) is 13.4. The molecule has 4 rings (SSSR count). The van der Waals surface area contributed by atoms with Gasteiger partial charge >= 0.3 is 5.97 Å². The Hall–Kier alpha value is -4.01. The third-order valence-electron chi connectivity index (χ3n) is 8.33. The molecule has 3 aromatic carbocycles. The Labute approximate surface area is 297 Å². The molecule has 0 aliphatic carbocycles. The van der Waals surface area contributed by atoms with Gasteiger partial charge in [0.05, 0.1) is 29.0 Å². The van der Waals surface area contributed by atoms with E-state index in [-0.39, 0.29) is 46.3 Å². The number of anilines is 2. The Morgan fingerprint density at radius 1 is 0.646 bits per heavy atom. The Balaban J connectivity index is 0.000000380. The van der Waals surface area contributed by atoms with Crippen molar-refractivity contribution in [1.82, 2.24) is 4.98 Å². The summed E-state index contributed by atoms with van der Waals surface area (Å²) >= 11 is 0. The minimum Gasteiger partial charge on any atom is -0.869 e. The third kappa shape index (κ3) is 10.00. The van der Waals surface area contributed by atoms with Crippen LogP contribution in [0.5, 0.6) is 11.5 Å². The Morgan fingerprint density at radius 2 is 1.06 bits per heavy atom. The molecule has 1 aromatic heterocycles. The van der Waals surface area contributed by atoms with Crippen LogP contribution in [0.4, 0.5) is 11.4 Å². The molecular weight excluding hydrogens is 645 g/mol. The third-order valence-corrected chi connectivity index (χ3v) is 8.33. The molecule has 0 amide bonds. The Kier molecular flexibility index (Phi) is 15.0. The number of phenolic OH excluding ortho intramolecular Hbond substituents is 1. The molecule has 8 heteroatoms. The average molecular weight is 698 g/mol. The Bertz CT molecular complexity index is 1580.